The van der Waals surface area contributed by atoms with Crippen molar-refractivity contribution in [2.24, 2.45) is 0 Å². The van der Waals surface area contributed by atoms with Gasteiger partial charge in [0.15, 0.2) is 11.6 Å². The predicted molar refractivity (Wildman–Crippen MR) is 104 cm³/mol. The van der Waals surface area contributed by atoms with Crippen LogP contribution in [0.1, 0.15) is 17.8 Å². The van der Waals surface area contributed by atoms with Crippen molar-refractivity contribution >= 4 is 22.6 Å². The van der Waals surface area contributed by atoms with Crippen LogP contribution in [0.5, 0.6) is 5.75 Å². The van der Waals surface area contributed by atoms with E-state index in [9.17, 15) is 15.2 Å². The third-order valence-electron chi connectivity index (χ3n) is 3.99. The molecule has 0 amide bonds. The molecule has 0 saturated carbocycles. The summed E-state index contributed by atoms with van der Waals surface area (Å²) < 4.78 is 10.5. The molecule has 0 fully saturated rings. The summed E-state index contributed by atoms with van der Waals surface area (Å²) in [7, 11) is 0. The van der Waals surface area contributed by atoms with E-state index < -0.39 is 12.6 Å². The lowest BCUT2D eigenvalue weighted by molar-refractivity contribution is -0.143. The lowest BCUT2D eigenvalue weighted by atomic mass is 10.2. The number of rotatable bonds is 7. The molecule has 0 atom stereocenters. The average Bonchev–Trinajstić information content (AvgIpc) is 3.12. The Morgan fingerprint density at radius 3 is 2.68 bits per heavy atom. The van der Waals surface area contributed by atoms with Gasteiger partial charge in [0.1, 0.15) is 24.0 Å². The van der Waals surface area contributed by atoms with E-state index in [0.29, 0.717) is 11.3 Å². The molecule has 0 bridgehead atoms. The Balaban J connectivity index is 1.55. The molecule has 1 aromatic heterocycles. The second kappa shape index (κ2) is 8.73. The van der Waals surface area contributed by atoms with Crippen molar-refractivity contribution in [3.63, 3.8) is 0 Å². The van der Waals surface area contributed by atoms with E-state index in [1.165, 1.54) is 0 Å². The number of nitrogens with one attached hydrogen (secondary N) is 1. The van der Waals surface area contributed by atoms with Crippen LogP contribution >= 0.6 is 0 Å². The minimum absolute atomic E-state index is 0.0215. The Hall–Kier alpha value is -3.79. The molecule has 3 aromatic rings. The molecule has 28 heavy (non-hydrogen) atoms. The van der Waals surface area contributed by atoms with E-state index in [1.807, 2.05) is 55.5 Å². The Labute approximate surface area is 161 Å². The van der Waals surface area contributed by atoms with Gasteiger partial charge in [0.2, 0.25) is 0 Å². The highest BCUT2D eigenvalue weighted by Crippen LogP contribution is 2.19. The number of benzene rings is 2. The van der Waals surface area contributed by atoms with Crippen LogP contribution in [0.3, 0.4) is 0 Å². The van der Waals surface area contributed by atoms with Gasteiger partial charge in [-0.25, -0.2) is 4.98 Å². The van der Waals surface area contributed by atoms with E-state index in [-0.39, 0.29) is 30.2 Å². The summed E-state index contributed by atoms with van der Waals surface area (Å²) in [4.78, 5) is 19.1. The minimum atomic E-state index is -0.541. The predicted octanol–water partition coefficient (Wildman–Crippen LogP) is 3.68. The number of carbonyl (C=O) groups excluding carboxylic acids is 1. The highest BCUT2D eigenvalue weighted by molar-refractivity contribution is 5.83. The quantitative estimate of drug-likeness (QED) is 0.369. The van der Waals surface area contributed by atoms with Crippen LogP contribution in [-0.4, -0.2) is 34.3 Å². The van der Waals surface area contributed by atoms with Crippen molar-refractivity contribution in [2.45, 2.75) is 13.3 Å². The average molecular weight is 377 g/mol. The number of aromatic amines is 1. The Morgan fingerprint density at radius 1 is 1.21 bits per heavy atom. The monoisotopic (exact) mass is 377 g/mol. The fourth-order valence-corrected chi connectivity index (χ4v) is 2.51. The fourth-order valence-electron chi connectivity index (χ4n) is 2.51. The zero-order chi connectivity index (χ0) is 19.9. The molecule has 0 unspecified atom stereocenters. The number of nitrogens with zero attached hydrogens (tertiary/aromatic N) is 2. The number of nitriles is 1. The van der Waals surface area contributed by atoms with E-state index >= 15 is 0 Å². The standard InChI is InChI=1S/C21H19N3O4/c1-14-6-8-15(9-7-14)27-11-10-20(26)28-13-19(25)16(12-22)21-23-17-4-2-3-5-18(17)24-21/h2-9,25H,10-11,13H2,1H3,(H,23,24). The van der Waals surface area contributed by atoms with Gasteiger partial charge in [-0.05, 0) is 31.2 Å². The molecule has 0 aliphatic carbocycles. The Kier molecular flexibility index (Phi) is 5.92. The number of imidazole rings is 1. The Bertz CT molecular complexity index is 1010. The fraction of sp³-hybridized carbons (Fsp3) is 0.190. The number of aliphatic hydroxyl groups is 1. The normalized spacial score (nSPS) is 11.6. The molecule has 0 saturated heterocycles. The summed E-state index contributed by atoms with van der Waals surface area (Å²) >= 11 is 0. The van der Waals surface area contributed by atoms with Gasteiger partial charge in [0, 0.05) is 0 Å². The highest BCUT2D eigenvalue weighted by Gasteiger charge is 2.15. The number of carbonyl (C=O) groups is 1. The lowest BCUT2D eigenvalue weighted by Gasteiger charge is -2.07. The van der Waals surface area contributed by atoms with Gasteiger partial charge in [-0.2, -0.15) is 5.26 Å². The molecule has 7 nitrogen and oxygen atoms in total. The maximum atomic E-state index is 11.8. The molecule has 1 heterocycles. The summed E-state index contributed by atoms with van der Waals surface area (Å²) in [5, 5.41) is 19.5. The second-order valence-electron chi connectivity index (χ2n) is 6.11. The molecule has 0 aliphatic heterocycles. The molecule has 0 radical (unpaired) electrons. The number of allylic oxidation sites excluding steroid dienone is 1. The number of H-pyrrole nitrogens is 1. The number of hydrogen-bond donors (Lipinski definition) is 2. The van der Waals surface area contributed by atoms with E-state index in [0.717, 1.165) is 11.1 Å². The summed E-state index contributed by atoms with van der Waals surface area (Å²) in [6.07, 6.45) is 0.0215. The smallest absolute Gasteiger partial charge is 0.309 e. The first kappa shape index (κ1) is 19.0. The van der Waals surface area contributed by atoms with Gasteiger partial charge in [-0.3, -0.25) is 4.79 Å². The first-order valence-electron chi connectivity index (χ1n) is 8.69. The number of aliphatic hydroxyl groups excluding tert-OH is 1. The van der Waals surface area contributed by atoms with Crippen molar-refractivity contribution in [1.82, 2.24) is 9.97 Å². The maximum Gasteiger partial charge on any atom is 0.309 e. The second-order valence-corrected chi connectivity index (χ2v) is 6.11. The van der Waals surface area contributed by atoms with Gasteiger partial charge in [-0.1, -0.05) is 29.8 Å². The van der Waals surface area contributed by atoms with Crippen LogP contribution in [0.2, 0.25) is 0 Å². The zero-order valence-corrected chi connectivity index (χ0v) is 15.3. The first-order valence-corrected chi connectivity index (χ1v) is 8.69. The number of esters is 1. The maximum absolute atomic E-state index is 11.8. The lowest BCUT2D eigenvalue weighted by Crippen LogP contribution is -2.12. The summed E-state index contributed by atoms with van der Waals surface area (Å²) in [5.74, 6) is -0.0207. The topological polar surface area (TPSA) is 108 Å². The molecule has 142 valence electrons. The van der Waals surface area contributed by atoms with Crippen LogP contribution < -0.4 is 4.74 Å². The number of hydrogen-bond acceptors (Lipinski definition) is 6. The van der Waals surface area contributed by atoms with Gasteiger partial charge >= 0.3 is 5.97 Å². The van der Waals surface area contributed by atoms with E-state index in [4.69, 9.17) is 9.47 Å². The number of aryl methyl sites for hydroxylation is 1. The third kappa shape index (κ3) is 4.68. The van der Waals surface area contributed by atoms with Crippen molar-refractivity contribution in [2.75, 3.05) is 13.2 Å². The minimum Gasteiger partial charge on any atom is -0.507 e. The van der Waals surface area contributed by atoms with Gasteiger partial charge in [-0.15, -0.1) is 0 Å². The van der Waals surface area contributed by atoms with Crippen molar-refractivity contribution < 1.29 is 19.4 Å². The SMILES string of the molecule is Cc1ccc(OCCC(=O)OCC(O)=C(C#N)c2nc3ccccc3[nH]2)cc1. The van der Waals surface area contributed by atoms with Crippen LogP contribution in [0.4, 0.5) is 0 Å². The molecule has 2 aromatic carbocycles. The van der Waals surface area contributed by atoms with Gasteiger partial charge in [0.25, 0.3) is 0 Å². The van der Waals surface area contributed by atoms with Crippen molar-refractivity contribution in [1.29, 1.82) is 5.26 Å². The molecule has 0 aliphatic rings. The zero-order valence-electron chi connectivity index (χ0n) is 15.3. The summed E-state index contributed by atoms with van der Waals surface area (Å²) in [6.45, 7) is 1.71. The van der Waals surface area contributed by atoms with Crippen molar-refractivity contribution in [3.8, 4) is 11.8 Å². The number of ether oxygens (including phenoxy) is 2. The first-order chi connectivity index (χ1) is 13.6. The molecule has 0 spiro atoms. The Morgan fingerprint density at radius 2 is 1.96 bits per heavy atom. The number of para-hydroxylation sites is 2. The largest absolute Gasteiger partial charge is 0.507 e. The van der Waals surface area contributed by atoms with Crippen LogP contribution in [-0.2, 0) is 9.53 Å². The van der Waals surface area contributed by atoms with Gasteiger partial charge < -0.3 is 19.6 Å². The van der Waals surface area contributed by atoms with Crippen LogP contribution in [0.25, 0.3) is 16.6 Å². The van der Waals surface area contributed by atoms with Crippen LogP contribution in [0.15, 0.2) is 54.3 Å². The van der Waals surface area contributed by atoms with E-state index in [1.54, 1.807) is 6.07 Å². The molecule has 3 rings (SSSR count). The third-order valence-corrected chi connectivity index (χ3v) is 3.99. The van der Waals surface area contributed by atoms with E-state index in [2.05, 4.69) is 9.97 Å². The highest BCUT2D eigenvalue weighted by atomic mass is 16.5. The number of aromatic nitrogens is 2. The van der Waals surface area contributed by atoms with Gasteiger partial charge in [0.05, 0.1) is 24.1 Å². The summed E-state index contributed by atoms with van der Waals surface area (Å²) in [5.41, 5.74) is 2.46. The van der Waals surface area contributed by atoms with Crippen molar-refractivity contribution in [3.05, 3.63) is 65.7 Å². The molecule has 7 heteroatoms. The molecular formula is C21H19N3O4. The molecular weight excluding hydrogens is 358 g/mol. The van der Waals surface area contributed by atoms with Crippen LogP contribution in [0, 0.1) is 18.3 Å². The summed E-state index contributed by atoms with van der Waals surface area (Å²) in [6, 6.07) is 16.6. The molecule has 2 N–H and O–H groups in total. The number of fused-ring (bicyclic) bond motifs is 1.